The van der Waals surface area contributed by atoms with Gasteiger partial charge in [0.25, 0.3) is 5.91 Å². The van der Waals surface area contributed by atoms with Crippen LogP contribution in [0.4, 0.5) is 15.8 Å². The van der Waals surface area contributed by atoms with Crippen molar-refractivity contribution in [2.75, 3.05) is 42.9 Å². The van der Waals surface area contributed by atoms with E-state index in [1.807, 2.05) is 37.3 Å². The molecule has 0 spiro atoms. The van der Waals surface area contributed by atoms with Gasteiger partial charge < -0.3 is 15.0 Å². The SMILES string of the molecule is Cc1ccc2c(c1)NC(=O)C(CCCN1CCN(c3ccc(F)cc3)CC1)O2. The summed E-state index contributed by atoms with van der Waals surface area (Å²) < 4.78 is 19.0. The van der Waals surface area contributed by atoms with Crippen molar-refractivity contribution in [1.82, 2.24) is 4.90 Å². The Morgan fingerprint density at radius 2 is 1.86 bits per heavy atom. The number of halogens is 1. The molecule has 5 nitrogen and oxygen atoms in total. The first-order valence-electron chi connectivity index (χ1n) is 9.89. The molecule has 1 unspecified atom stereocenters. The smallest absolute Gasteiger partial charge is 0.265 e. The first-order chi connectivity index (χ1) is 13.6. The van der Waals surface area contributed by atoms with Gasteiger partial charge in [0.15, 0.2) is 6.10 Å². The van der Waals surface area contributed by atoms with Gasteiger partial charge in [-0.25, -0.2) is 4.39 Å². The number of anilines is 2. The van der Waals surface area contributed by atoms with Crippen molar-refractivity contribution in [3.8, 4) is 5.75 Å². The summed E-state index contributed by atoms with van der Waals surface area (Å²) in [5, 5.41) is 2.96. The zero-order valence-corrected chi connectivity index (χ0v) is 16.2. The summed E-state index contributed by atoms with van der Waals surface area (Å²) in [6.07, 6.45) is 1.20. The number of hydrogen-bond donors (Lipinski definition) is 1. The number of nitrogens with one attached hydrogen (secondary N) is 1. The minimum atomic E-state index is -0.421. The lowest BCUT2D eigenvalue weighted by Crippen LogP contribution is -2.47. The van der Waals surface area contributed by atoms with E-state index in [-0.39, 0.29) is 11.7 Å². The van der Waals surface area contributed by atoms with Crippen molar-refractivity contribution in [2.45, 2.75) is 25.9 Å². The number of aryl methyl sites for hydroxylation is 1. The van der Waals surface area contributed by atoms with Gasteiger partial charge in [-0.2, -0.15) is 0 Å². The van der Waals surface area contributed by atoms with Crippen LogP contribution in [0.3, 0.4) is 0 Å². The van der Waals surface area contributed by atoms with E-state index < -0.39 is 6.10 Å². The molecule has 0 saturated carbocycles. The Morgan fingerprint density at radius 1 is 1.11 bits per heavy atom. The highest BCUT2D eigenvalue weighted by Crippen LogP contribution is 2.31. The fourth-order valence-electron chi connectivity index (χ4n) is 3.84. The number of amides is 1. The standard InChI is InChI=1S/C22H26FN3O2/c1-16-4-9-20-19(15-16)24-22(27)21(28-20)3-2-10-25-11-13-26(14-12-25)18-7-5-17(23)6-8-18/h4-9,15,21H,2-3,10-14H2,1H3,(H,24,27). The largest absolute Gasteiger partial charge is 0.478 e. The maximum absolute atomic E-state index is 13.1. The van der Waals surface area contributed by atoms with Crippen molar-refractivity contribution < 1.29 is 13.9 Å². The number of benzene rings is 2. The molecule has 1 fully saturated rings. The fourth-order valence-corrected chi connectivity index (χ4v) is 3.84. The van der Waals surface area contributed by atoms with Gasteiger partial charge in [-0.3, -0.25) is 9.69 Å². The molecule has 2 aromatic carbocycles. The van der Waals surface area contributed by atoms with Gasteiger partial charge in [0.05, 0.1) is 5.69 Å². The third kappa shape index (κ3) is 4.28. The quantitative estimate of drug-likeness (QED) is 0.859. The van der Waals surface area contributed by atoms with Crippen LogP contribution in [0.5, 0.6) is 5.75 Å². The molecule has 2 aliphatic heterocycles. The number of rotatable bonds is 5. The summed E-state index contributed by atoms with van der Waals surface area (Å²) >= 11 is 0. The maximum atomic E-state index is 13.1. The first kappa shape index (κ1) is 18.7. The topological polar surface area (TPSA) is 44.8 Å². The monoisotopic (exact) mass is 383 g/mol. The second-order valence-corrected chi connectivity index (χ2v) is 7.54. The molecular weight excluding hydrogens is 357 g/mol. The first-order valence-corrected chi connectivity index (χ1v) is 9.89. The molecule has 2 heterocycles. The van der Waals surface area contributed by atoms with Gasteiger partial charge in [0.2, 0.25) is 0 Å². The van der Waals surface area contributed by atoms with Crippen LogP contribution in [-0.4, -0.2) is 49.6 Å². The molecule has 28 heavy (non-hydrogen) atoms. The minimum absolute atomic E-state index is 0.0563. The van der Waals surface area contributed by atoms with E-state index in [9.17, 15) is 9.18 Å². The predicted molar refractivity (Wildman–Crippen MR) is 109 cm³/mol. The molecule has 0 aliphatic carbocycles. The molecule has 0 bridgehead atoms. The summed E-state index contributed by atoms with van der Waals surface area (Å²) in [7, 11) is 0. The van der Waals surface area contributed by atoms with Crippen molar-refractivity contribution in [3.63, 3.8) is 0 Å². The zero-order valence-electron chi connectivity index (χ0n) is 16.2. The number of hydrogen-bond acceptors (Lipinski definition) is 4. The van der Waals surface area contributed by atoms with Crippen molar-refractivity contribution >= 4 is 17.3 Å². The summed E-state index contributed by atoms with van der Waals surface area (Å²) in [5.41, 5.74) is 2.93. The van der Waals surface area contributed by atoms with Crippen LogP contribution in [0, 0.1) is 12.7 Å². The Bertz CT molecular complexity index is 832. The number of fused-ring (bicyclic) bond motifs is 1. The van der Waals surface area contributed by atoms with Crippen molar-refractivity contribution in [3.05, 3.63) is 53.8 Å². The van der Waals surface area contributed by atoms with Crippen LogP contribution in [0.15, 0.2) is 42.5 Å². The van der Waals surface area contributed by atoms with Crippen LogP contribution in [-0.2, 0) is 4.79 Å². The summed E-state index contributed by atoms with van der Waals surface area (Å²) in [6.45, 7) is 6.74. The second-order valence-electron chi connectivity index (χ2n) is 7.54. The van der Waals surface area contributed by atoms with E-state index in [1.165, 1.54) is 12.1 Å². The minimum Gasteiger partial charge on any atom is -0.478 e. The van der Waals surface area contributed by atoms with Gasteiger partial charge in [0, 0.05) is 31.9 Å². The Labute approximate surface area is 165 Å². The normalized spacial score (nSPS) is 19.7. The zero-order chi connectivity index (χ0) is 19.5. The molecule has 2 aliphatic rings. The van der Waals surface area contributed by atoms with E-state index in [0.29, 0.717) is 6.42 Å². The summed E-state index contributed by atoms with van der Waals surface area (Å²) in [5.74, 6) is 0.497. The molecule has 1 saturated heterocycles. The van der Waals surface area contributed by atoms with Gasteiger partial charge in [0.1, 0.15) is 11.6 Å². The van der Waals surface area contributed by atoms with Crippen LogP contribution < -0.4 is 15.0 Å². The average Bonchev–Trinajstić information content (AvgIpc) is 2.70. The highest BCUT2D eigenvalue weighted by atomic mass is 19.1. The Balaban J connectivity index is 1.22. The van der Waals surface area contributed by atoms with Crippen LogP contribution in [0.2, 0.25) is 0 Å². The lowest BCUT2D eigenvalue weighted by atomic mass is 10.1. The molecule has 1 amide bonds. The van der Waals surface area contributed by atoms with E-state index in [4.69, 9.17) is 4.74 Å². The molecule has 0 aromatic heterocycles. The fraction of sp³-hybridized carbons (Fsp3) is 0.409. The Kier molecular flexibility index (Phi) is 5.48. The predicted octanol–water partition coefficient (Wildman–Crippen LogP) is 3.44. The maximum Gasteiger partial charge on any atom is 0.265 e. The van der Waals surface area contributed by atoms with E-state index in [2.05, 4.69) is 15.1 Å². The number of ether oxygens (including phenoxy) is 1. The summed E-state index contributed by atoms with van der Waals surface area (Å²) in [6, 6.07) is 12.5. The van der Waals surface area contributed by atoms with Crippen LogP contribution in [0.25, 0.3) is 0 Å². The lowest BCUT2D eigenvalue weighted by Gasteiger charge is -2.36. The number of carbonyl (C=O) groups is 1. The Morgan fingerprint density at radius 3 is 2.61 bits per heavy atom. The molecule has 148 valence electrons. The highest BCUT2D eigenvalue weighted by Gasteiger charge is 2.27. The van der Waals surface area contributed by atoms with E-state index in [0.717, 1.165) is 61.8 Å². The molecule has 6 heteroatoms. The molecule has 2 aromatic rings. The average molecular weight is 383 g/mol. The van der Waals surface area contributed by atoms with E-state index >= 15 is 0 Å². The number of piperazine rings is 1. The number of nitrogens with zero attached hydrogens (tertiary/aromatic N) is 2. The van der Waals surface area contributed by atoms with Gasteiger partial charge >= 0.3 is 0 Å². The van der Waals surface area contributed by atoms with Crippen LogP contribution >= 0.6 is 0 Å². The van der Waals surface area contributed by atoms with E-state index in [1.54, 1.807) is 0 Å². The molecular formula is C22H26FN3O2. The number of carbonyl (C=O) groups excluding carboxylic acids is 1. The lowest BCUT2D eigenvalue weighted by molar-refractivity contribution is -0.123. The van der Waals surface area contributed by atoms with Crippen molar-refractivity contribution in [2.24, 2.45) is 0 Å². The third-order valence-corrected chi connectivity index (χ3v) is 5.46. The van der Waals surface area contributed by atoms with Gasteiger partial charge in [-0.05, 0) is 68.3 Å². The Hall–Kier alpha value is -2.60. The molecule has 1 atom stereocenters. The third-order valence-electron chi connectivity index (χ3n) is 5.46. The summed E-state index contributed by atoms with van der Waals surface area (Å²) in [4.78, 5) is 17.0. The van der Waals surface area contributed by atoms with Crippen LogP contribution in [0.1, 0.15) is 18.4 Å². The second kappa shape index (κ2) is 8.19. The van der Waals surface area contributed by atoms with Gasteiger partial charge in [-0.1, -0.05) is 6.07 Å². The molecule has 0 radical (unpaired) electrons. The molecule has 1 N–H and O–H groups in total. The van der Waals surface area contributed by atoms with Gasteiger partial charge in [-0.15, -0.1) is 0 Å². The molecule has 4 rings (SSSR count). The highest BCUT2D eigenvalue weighted by molar-refractivity contribution is 5.97. The van der Waals surface area contributed by atoms with Crippen molar-refractivity contribution in [1.29, 1.82) is 0 Å².